The Balaban J connectivity index is 2.11. The van der Waals surface area contributed by atoms with Gasteiger partial charge in [0.1, 0.15) is 0 Å². The molecule has 0 saturated heterocycles. The minimum absolute atomic E-state index is 0.542. The smallest absolute Gasteiger partial charge is 0.00439 e. The van der Waals surface area contributed by atoms with Crippen LogP contribution in [0.25, 0.3) is 0 Å². The molecule has 0 aromatic rings. The molecule has 1 aliphatic rings. The first-order valence-electron chi connectivity index (χ1n) is 2.54. The van der Waals surface area contributed by atoms with Gasteiger partial charge in [-0.2, -0.15) is 0 Å². The Labute approximate surface area is 38.5 Å². The van der Waals surface area contributed by atoms with Gasteiger partial charge in [-0.3, -0.25) is 0 Å². The molecule has 0 unspecified atom stereocenters. The van der Waals surface area contributed by atoms with E-state index in [1.165, 1.54) is 12.8 Å². The standard InChI is InChI=1S/C5H11N/c1-4-2-5(6)3-4/h4-5H,2-3,6H2,1H3. The van der Waals surface area contributed by atoms with Crippen LogP contribution in [0.1, 0.15) is 19.8 Å². The Morgan fingerprint density at radius 3 is 2.00 bits per heavy atom. The van der Waals surface area contributed by atoms with Crippen LogP contribution in [-0.4, -0.2) is 6.04 Å². The molecule has 1 nitrogen and oxygen atoms in total. The Morgan fingerprint density at radius 1 is 1.50 bits per heavy atom. The predicted molar refractivity (Wildman–Crippen MR) is 26.4 cm³/mol. The molecule has 0 amide bonds. The lowest BCUT2D eigenvalue weighted by molar-refractivity contribution is 0.290. The first-order valence-corrected chi connectivity index (χ1v) is 2.54. The van der Waals surface area contributed by atoms with Crippen molar-refractivity contribution < 1.29 is 0 Å². The summed E-state index contributed by atoms with van der Waals surface area (Å²) in [6.45, 7) is 2.24. The molecular formula is C5H11N. The minimum Gasteiger partial charge on any atom is -0.328 e. The van der Waals surface area contributed by atoms with Gasteiger partial charge in [0.25, 0.3) is 0 Å². The molecule has 2 N–H and O–H groups in total. The van der Waals surface area contributed by atoms with Crippen molar-refractivity contribution in [2.75, 3.05) is 0 Å². The van der Waals surface area contributed by atoms with Crippen LogP contribution < -0.4 is 5.73 Å². The summed E-state index contributed by atoms with van der Waals surface area (Å²) in [5.74, 6) is 0.917. The third-order valence-corrected chi connectivity index (χ3v) is 1.41. The van der Waals surface area contributed by atoms with E-state index >= 15 is 0 Å². The number of hydrogen-bond donors (Lipinski definition) is 1. The van der Waals surface area contributed by atoms with Gasteiger partial charge in [0, 0.05) is 6.04 Å². The normalized spacial score (nSPS) is 45.0. The van der Waals surface area contributed by atoms with Gasteiger partial charge in [0.2, 0.25) is 0 Å². The minimum atomic E-state index is 0.542. The van der Waals surface area contributed by atoms with Crippen molar-refractivity contribution in [3.8, 4) is 0 Å². The predicted octanol–water partition coefficient (Wildman–Crippen LogP) is 0.744. The summed E-state index contributed by atoms with van der Waals surface area (Å²) in [4.78, 5) is 0. The lowest BCUT2D eigenvalue weighted by atomic mass is 9.83. The maximum absolute atomic E-state index is 5.47. The van der Waals surface area contributed by atoms with Crippen LogP contribution in [0.2, 0.25) is 0 Å². The zero-order chi connectivity index (χ0) is 4.57. The van der Waals surface area contributed by atoms with Crippen LogP contribution in [0.3, 0.4) is 0 Å². The molecule has 1 rings (SSSR count). The lowest BCUT2D eigenvalue weighted by Gasteiger charge is -2.28. The fraction of sp³-hybridized carbons (Fsp3) is 1.00. The van der Waals surface area contributed by atoms with Gasteiger partial charge >= 0.3 is 0 Å². The summed E-state index contributed by atoms with van der Waals surface area (Å²) in [5.41, 5.74) is 5.47. The van der Waals surface area contributed by atoms with Gasteiger partial charge in [-0.05, 0) is 18.8 Å². The number of rotatable bonds is 0. The summed E-state index contributed by atoms with van der Waals surface area (Å²) in [7, 11) is 0. The van der Waals surface area contributed by atoms with Gasteiger partial charge in [-0.25, -0.2) is 0 Å². The van der Waals surface area contributed by atoms with Gasteiger partial charge < -0.3 is 5.73 Å². The van der Waals surface area contributed by atoms with Crippen molar-refractivity contribution in [3.63, 3.8) is 0 Å². The highest BCUT2D eigenvalue weighted by Gasteiger charge is 2.20. The molecule has 0 aromatic carbocycles. The van der Waals surface area contributed by atoms with Crippen molar-refractivity contribution in [2.24, 2.45) is 11.7 Å². The second kappa shape index (κ2) is 1.23. The summed E-state index contributed by atoms with van der Waals surface area (Å²) in [6, 6.07) is 0.542. The number of hydrogen-bond acceptors (Lipinski definition) is 1. The van der Waals surface area contributed by atoms with E-state index in [9.17, 15) is 0 Å². The molecule has 1 aliphatic carbocycles. The molecule has 0 atom stereocenters. The lowest BCUT2D eigenvalue weighted by Crippen LogP contribution is -2.34. The third kappa shape index (κ3) is 0.548. The molecule has 0 aromatic heterocycles. The van der Waals surface area contributed by atoms with Crippen molar-refractivity contribution in [3.05, 3.63) is 0 Å². The first-order chi connectivity index (χ1) is 2.79. The summed E-state index contributed by atoms with van der Waals surface area (Å²) in [5, 5.41) is 0. The molecule has 6 heavy (non-hydrogen) atoms. The molecule has 0 aliphatic heterocycles. The van der Waals surface area contributed by atoms with Gasteiger partial charge in [0.05, 0.1) is 0 Å². The maximum Gasteiger partial charge on any atom is 0.00439 e. The van der Waals surface area contributed by atoms with E-state index in [4.69, 9.17) is 5.73 Å². The Hall–Kier alpha value is -0.0400. The second-order valence-electron chi connectivity index (χ2n) is 2.34. The largest absolute Gasteiger partial charge is 0.328 e. The molecule has 0 radical (unpaired) electrons. The van der Waals surface area contributed by atoms with Crippen LogP contribution in [0.4, 0.5) is 0 Å². The topological polar surface area (TPSA) is 26.0 Å². The molecule has 1 heteroatoms. The Bertz CT molecular complexity index is 39.9. The van der Waals surface area contributed by atoms with Crippen molar-refractivity contribution in [2.45, 2.75) is 25.8 Å². The molecule has 0 heterocycles. The quantitative estimate of drug-likeness (QED) is 0.461. The Kier molecular flexibility index (Phi) is 0.845. The summed E-state index contributed by atoms with van der Waals surface area (Å²) >= 11 is 0. The summed E-state index contributed by atoms with van der Waals surface area (Å²) < 4.78 is 0. The van der Waals surface area contributed by atoms with Crippen LogP contribution >= 0.6 is 0 Å². The van der Waals surface area contributed by atoms with Gasteiger partial charge in [-0.1, -0.05) is 6.92 Å². The van der Waals surface area contributed by atoms with E-state index < -0.39 is 0 Å². The SMILES string of the molecule is CC1CC(N)C1. The van der Waals surface area contributed by atoms with E-state index in [0.717, 1.165) is 5.92 Å². The highest BCUT2D eigenvalue weighted by Crippen LogP contribution is 2.23. The third-order valence-electron chi connectivity index (χ3n) is 1.41. The zero-order valence-electron chi connectivity index (χ0n) is 4.15. The van der Waals surface area contributed by atoms with E-state index in [2.05, 4.69) is 6.92 Å². The van der Waals surface area contributed by atoms with Crippen molar-refractivity contribution in [1.29, 1.82) is 0 Å². The monoisotopic (exact) mass is 85.1 g/mol. The van der Waals surface area contributed by atoms with Gasteiger partial charge in [0.15, 0.2) is 0 Å². The molecule has 1 saturated carbocycles. The van der Waals surface area contributed by atoms with Crippen LogP contribution in [-0.2, 0) is 0 Å². The number of nitrogens with two attached hydrogens (primary N) is 1. The maximum atomic E-state index is 5.47. The molecular weight excluding hydrogens is 74.1 g/mol. The second-order valence-corrected chi connectivity index (χ2v) is 2.34. The van der Waals surface area contributed by atoms with E-state index in [-0.39, 0.29) is 0 Å². The average molecular weight is 85.2 g/mol. The fourth-order valence-corrected chi connectivity index (χ4v) is 0.965. The molecule has 0 spiro atoms. The zero-order valence-corrected chi connectivity index (χ0v) is 4.15. The fourth-order valence-electron chi connectivity index (χ4n) is 0.965. The van der Waals surface area contributed by atoms with Crippen LogP contribution in [0, 0.1) is 5.92 Å². The average Bonchev–Trinajstić information content (AvgIpc) is 1.33. The van der Waals surface area contributed by atoms with E-state index in [1.54, 1.807) is 0 Å². The Morgan fingerprint density at radius 2 is 2.00 bits per heavy atom. The first kappa shape index (κ1) is 4.13. The van der Waals surface area contributed by atoms with Crippen molar-refractivity contribution >= 4 is 0 Å². The van der Waals surface area contributed by atoms with Gasteiger partial charge in [-0.15, -0.1) is 0 Å². The molecule has 36 valence electrons. The molecule has 1 fully saturated rings. The highest BCUT2D eigenvalue weighted by molar-refractivity contribution is 4.78. The van der Waals surface area contributed by atoms with E-state index in [0.29, 0.717) is 6.04 Å². The summed E-state index contributed by atoms with van der Waals surface area (Å²) in [6.07, 6.45) is 2.50. The van der Waals surface area contributed by atoms with E-state index in [1.807, 2.05) is 0 Å². The van der Waals surface area contributed by atoms with Crippen molar-refractivity contribution in [1.82, 2.24) is 0 Å². The highest BCUT2D eigenvalue weighted by atomic mass is 14.7. The van der Waals surface area contributed by atoms with Crippen LogP contribution in [0.5, 0.6) is 0 Å². The molecule has 0 bridgehead atoms. The van der Waals surface area contributed by atoms with Crippen LogP contribution in [0.15, 0.2) is 0 Å².